The van der Waals surface area contributed by atoms with Crippen LogP contribution < -0.4 is 0 Å². The van der Waals surface area contributed by atoms with Gasteiger partial charge < -0.3 is 0 Å². The van der Waals surface area contributed by atoms with Crippen LogP contribution in [0.2, 0.25) is 0 Å². The van der Waals surface area contributed by atoms with Crippen molar-refractivity contribution in [3.63, 3.8) is 0 Å². The normalized spacial score (nSPS) is 8.81. The third-order valence-electron chi connectivity index (χ3n) is 1.72. The summed E-state index contributed by atoms with van der Waals surface area (Å²) in [7, 11) is 0. The van der Waals surface area contributed by atoms with Gasteiger partial charge in [-0.15, -0.1) is 0 Å². The van der Waals surface area contributed by atoms with Crippen molar-refractivity contribution in [2.75, 3.05) is 0 Å². The van der Waals surface area contributed by atoms with E-state index in [1.54, 1.807) is 6.20 Å². The fourth-order valence-corrected chi connectivity index (χ4v) is 1.06. The third kappa shape index (κ3) is 4.43. The molecule has 16 heavy (non-hydrogen) atoms. The van der Waals surface area contributed by atoms with Crippen LogP contribution in [0, 0.1) is 0 Å². The molecule has 0 aliphatic heterocycles. The van der Waals surface area contributed by atoms with E-state index in [9.17, 15) is 0 Å². The van der Waals surface area contributed by atoms with Gasteiger partial charge in [-0.3, -0.25) is 5.10 Å². The Morgan fingerprint density at radius 3 is 2.31 bits per heavy atom. The zero-order chi connectivity index (χ0) is 12.4. The zero-order valence-electron chi connectivity index (χ0n) is 11.0. The van der Waals surface area contributed by atoms with Gasteiger partial charge in [-0.05, 0) is 18.6 Å². The molecule has 2 heterocycles. The van der Waals surface area contributed by atoms with Crippen LogP contribution in [0.25, 0.3) is 11.0 Å². The first-order chi connectivity index (χ1) is 7.81. The Balaban J connectivity index is 0.000000394. The van der Waals surface area contributed by atoms with E-state index in [1.165, 1.54) is 6.42 Å². The molecule has 2 aromatic heterocycles. The molecule has 0 aliphatic rings. The fourth-order valence-electron chi connectivity index (χ4n) is 1.06. The van der Waals surface area contributed by atoms with Gasteiger partial charge in [0.1, 0.15) is 0 Å². The molecule has 0 saturated heterocycles. The number of hydrogen-bond acceptors (Lipinski definition) is 2. The number of aromatic nitrogens is 3. The second-order valence-corrected chi connectivity index (χ2v) is 3.17. The highest BCUT2D eigenvalue weighted by molar-refractivity contribution is 5.73. The lowest BCUT2D eigenvalue weighted by atomic mass is 10.2. The molecule has 1 N–H and O–H groups in total. The lowest BCUT2D eigenvalue weighted by Gasteiger charge is -1.92. The molecule has 0 saturated carbocycles. The minimum atomic E-state index is 0.879. The molecule has 0 atom stereocenters. The Bertz CT molecular complexity index is 379. The summed E-state index contributed by atoms with van der Waals surface area (Å²) < 4.78 is 0. The Hall–Kier alpha value is -1.38. The van der Waals surface area contributed by atoms with Crippen LogP contribution >= 0.6 is 0 Å². The highest BCUT2D eigenvalue weighted by atomic mass is 15.1. The second-order valence-electron chi connectivity index (χ2n) is 3.17. The molecule has 0 spiro atoms. The van der Waals surface area contributed by atoms with Crippen molar-refractivity contribution >= 4 is 11.0 Å². The predicted molar refractivity (Wildman–Crippen MR) is 70.6 cm³/mol. The van der Waals surface area contributed by atoms with Gasteiger partial charge in [-0.1, -0.05) is 41.0 Å². The molecule has 3 heteroatoms. The molecule has 0 amide bonds. The molecular formula is C13H23N3. The van der Waals surface area contributed by atoms with Gasteiger partial charge >= 0.3 is 0 Å². The van der Waals surface area contributed by atoms with Crippen LogP contribution in [0.3, 0.4) is 0 Å². The number of aromatic amines is 1. The highest BCUT2D eigenvalue weighted by Gasteiger charge is 1.96. The van der Waals surface area contributed by atoms with Crippen LogP contribution in [0.15, 0.2) is 18.3 Å². The minimum Gasteiger partial charge on any atom is -0.261 e. The van der Waals surface area contributed by atoms with E-state index in [0.29, 0.717) is 0 Å². The van der Waals surface area contributed by atoms with Crippen LogP contribution in [0.5, 0.6) is 0 Å². The first kappa shape index (κ1) is 14.6. The topological polar surface area (TPSA) is 41.6 Å². The van der Waals surface area contributed by atoms with Crippen molar-refractivity contribution in [2.24, 2.45) is 0 Å². The third-order valence-corrected chi connectivity index (χ3v) is 1.72. The molecule has 0 unspecified atom stereocenters. The molecule has 0 bridgehead atoms. The summed E-state index contributed by atoms with van der Waals surface area (Å²) in [6.07, 6.45) is 4.00. The van der Waals surface area contributed by atoms with Gasteiger partial charge in [0.05, 0.1) is 6.20 Å². The molecule has 2 rings (SSSR count). The highest BCUT2D eigenvalue weighted by Crippen LogP contribution is 2.08. The first-order valence-electron chi connectivity index (χ1n) is 6.10. The average Bonchev–Trinajstić information content (AvgIpc) is 2.79. The van der Waals surface area contributed by atoms with Crippen LogP contribution in [-0.4, -0.2) is 15.2 Å². The van der Waals surface area contributed by atoms with Gasteiger partial charge in [0.25, 0.3) is 0 Å². The lowest BCUT2D eigenvalue weighted by Crippen LogP contribution is -1.85. The number of hydrogen-bond donors (Lipinski definition) is 1. The largest absolute Gasteiger partial charge is 0.261 e. The molecule has 0 radical (unpaired) electrons. The summed E-state index contributed by atoms with van der Waals surface area (Å²) in [6.45, 7) is 10.3. The predicted octanol–water partition coefficient (Wildman–Crippen LogP) is 3.96. The molecule has 0 aromatic carbocycles. The number of nitrogens with one attached hydrogen (secondary N) is 1. The quantitative estimate of drug-likeness (QED) is 0.791. The summed E-state index contributed by atoms with van der Waals surface area (Å²) in [5.74, 6) is 0. The first-order valence-corrected chi connectivity index (χ1v) is 6.10. The van der Waals surface area contributed by atoms with Crippen molar-refractivity contribution in [2.45, 2.75) is 47.5 Å². The standard InChI is InChI=1S/C8H9N3.C3H8.C2H6/c1-2-7-4-3-6-5-9-11-8(6)10-7;1-3-2;1-2/h3-5H,2H2,1H3,(H,9,10,11);3H2,1-2H3;1-2H3. The molecule has 90 valence electrons. The van der Waals surface area contributed by atoms with E-state index >= 15 is 0 Å². The van der Waals surface area contributed by atoms with Crippen molar-refractivity contribution < 1.29 is 0 Å². The lowest BCUT2D eigenvalue weighted by molar-refractivity contribution is 1.03. The van der Waals surface area contributed by atoms with Crippen LogP contribution in [-0.2, 0) is 6.42 Å². The van der Waals surface area contributed by atoms with Crippen LogP contribution in [0.4, 0.5) is 0 Å². The monoisotopic (exact) mass is 221 g/mol. The minimum absolute atomic E-state index is 0.879. The van der Waals surface area contributed by atoms with Crippen molar-refractivity contribution in [3.05, 3.63) is 24.0 Å². The van der Waals surface area contributed by atoms with E-state index in [2.05, 4.69) is 36.0 Å². The summed E-state index contributed by atoms with van der Waals surface area (Å²) in [5, 5.41) is 7.79. The van der Waals surface area contributed by atoms with E-state index in [0.717, 1.165) is 23.1 Å². The molecule has 3 nitrogen and oxygen atoms in total. The molecule has 2 aromatic rings. The maximum absolute atomic E-state index is 4.34. The number of fused-ring (bicyclic) bond motifs is 1. The summed E-state index contributed by atoms with van der Waals surface area (Å²) >= 11 is 0. The SMILES string of the molecule is CC.CCC.CCc1ccc2cn[nH]c2n1. The molecule has 0 aliphatic carbocycles. The number of rotatable bonds is 1. The van der Waals surface area contributed by atoms with E-state index in [1.807, 2.05) is 26.0 Å². The van der Waals surface area contributed by atoms with Crippen molar-refractivity contribution in [3.8, 4) is 0 Å². The Kier molecular flexibility index (Phi) is 8.12. The maximum atomic E-state index is 4.34. The number of aryl methyl sites for hydroxylation is 1. The maximum Gasteiger partial charge on any atom is 0.155 e. The number of H-pyrrole nitrogens is 1. The Morgan fingerprint density at radius 1 is 1.12 bits per heavy atom. The van der Waals surface area contributed by atoms with E-state index in [-0.39, 0.29) is 0 Å². The zero-order valence-corrected chi connectivity index (χ0v) is 11.0. The number of nitrogens with zero attached hydrogens (tertiary/aromatic N) is 2. The smallest absolute Gasteiger partial charge is 0.155 e. The van der Waals surface area contributed by atoms with Gasteiger partial charge in [0, 0.05) is 11.1 Å². The fraction of sp³-hybridized carbons (Fsp3) is 0.538. The van der Waals surface area contributed by atoms with Crippen molar-refractivity contribution in [1.82, 2.24) is 15.2 Å². The van der Waals surface area contributed by atoms with Gasteiger partial charge in [0.2, 0.25) is 0 Å². The van der Waals surface area contributed by atoms with Crippen molar-refractivity contribution in [1.29, 1.82) is 0 Å². The Morgan fingerprint density at radius 2 is 1.75 bits per heavy atom. The van der Waals surface area contributed by atoms with Gasteiger partial charge in [-0.25, -0.2) is 4.98 Å². The van der Waals surface area contributed by atoms with E-state index < -0.39 is 0 Å². The molecule has 0 fully saturated rings. The van der Waals surface area contributed by atoms with Crippen LogP contribution in [0.1, 0.15) is 46.7 Å². The average molecular weight is 221 g/mol. The molecular weight excluding hydrogens is 198 g/mol. The summed E-state index contributed by atoms with van der Waals surface area (Å²) in [6, 6.07) is 4.06. The van der Waals surface area contributed by atoms with E-state index in [4.69, 9.17) is 0 Å². The number of pyridine rings is 1. The summed E-state index contributed by atoms with van der Waals surface area (Å²) in [5.41, 5.74) is 1.98. The van der Waals surface area contributed by atoms with Gasteiger partial charge in [0.15, 0.2) is 5.65 Å². The van der Waals surface area contributed by atoms with Gasteiger partial charge in [-0.2, -0.15) is 5.10 Å². The second kappa shape index (κ2) is 8.89. The Labute approximate surface area is 98.3 Å². The summed E-state index contributed by atoms with van der Waals surface area (Å²) in [4.78, 5) is 4.34.